The molecule has 0 atom stereocenters. The number of aliphatic imine (C=N–C) groups is 2. The number of thioether (sulfide) groups is 1. The molecule has 2 fully saturated rings. The molecule has 0 bridgehead atoms. The molecule has 6 nitrogen and oxygen atoms in total. The van der Waals surface area contributed by atoms with E-state index in [2.05, 4.69) is 25.2 Å². The minimum absolute atomic E-state index is 0.103. The Morgan fingerprint density at radius 2 is 2.13 bits per heavy atom. The van der Waals surface area contributed by atoms with E-state index in [1.54, 1.807) is 11.3 Å². The third-order valence-electron chi connectivity index (χ3n) is 5.66. The van der Waals surface area contributed by atoms with Gasteiger partial charge in [0.2, 0.25) is 0 Å². The molecule has 8 heteroatoms. The van der Waals surface area contributed by atoms with Crippen LogP contribution >= 0.6 is 23.1 Å². The average molecular weight is 452 g/mol. The summed E-state index contributed by atoms with van der Waals surface area (Å²) in [7, 11) is 0. The predicted molar refractivity (Wildman–Crippen MR) is 129 cm³/mol. The normalized spacial score (nSPS) is 20.8. The van der Waals surface area contributed by atoms with Crippen LogP contribution in [0.15, 0.2) is 39.3 Å². The van der Waals surface area contributed by atoms with Crippen molar-refractivity contribution in [1.29, 1.82) is 0 Å². The highest BCUT2D eigenvalue weighted by atomic mass is 32.2. The monoisotopic (exact) mass is 451 g/mol. The first kappa shape index (κ1) is 20.6. The fraction of sp³-hybridized carbons (Fsp3) is 0.391. The summed E-state index contributed by atoms with van der Waals surface area (Å²) >= 11 is 3.05. The van der Waals surface area contributed by atoms with E-state index in [0.717, 1.165) is 34.0 Å². The van der Waals surface area contributed by atoms with Crippen molar-refractivity contribution >= 4 is 52.2 Å². The molecule has 0 aliphatic carbocycles. The minimum atomic E-state index is -0.103. The van der Waals surface area contributed by atoms with Crippen LogP contribution in [0.1, 0.15) is 46.7 Å². The van der Waals surface area contributed by atoms with Gasteiger partial charge in [-0.15, -0.1) is 11.3 Å². The number of aromatic nitrogens is 1. The molecule has 4 heterocycles. The Labute approximate surface area is 190 Å². The van der Waals surface area contributed by atoms with Gasteiger partial charge in [0.05, 0.1) is 22.1 Å². The summed E-state index contributed by atoms with van der Waals surface area (Å²) in [5.74, 6) is -0.103. The number of amides is 1. The molecule has 31 heavy (non-hydrogen) atoms. The van der Waals surface area contributed by atoms with E-state index in [9.17, 15) is 4.79 Å². The number of rotatable bonds is 7. The van der Waals surface area contributed by atoms with Gasteiger partial charge in [-0.3, -0.25) is 9.79 Å². The number of hydrogen-bond donors (Lipinski definition) is 1. The van der Waals surface area contributed by atoms with Crippen LogP contribution in [-0.2, 0) is 17.8 Å². The molecular formula is C23H25N5OS2. The maximum atomic E-state index is 12.4. The number of likely N-dealkylation sites (tertiary alicyclic amines) is 1. The van der Waals surface area contributed by atoms with Gasteiger partial charge in [0.25, 0.3) is 5.91 Å². The molecule has 1 aromatic heterocycles. The molecule has 3 aliphatic rings. The van der Waals surface area contributed by atoms with Crippen LogP contribution in [0.2, 0.25) is 0 Å². The fourth-order valence-corrected chi connectivity index (χ4v) is 5.83. The first-order chi connectivity index (χ1) is 15.2. The Hall–Kier alpha value is -2.29. The summed E-state index contributed by atoms with van der Waals surface area (Å²) < 4.78 is 0. The van der Waals surface area contributed by atoms with Crippen LogP contribution in [-0.4, -0.2) is 46.8 Å². The second kappa shape index (κ2) is 9.46. The molecule has 1 N–H and O–H groups in total. The molecule has 0 spiro atoms. The Balaban J connectivity index is 1.17. The summed E-state index contributed by atoms with van der Waals surface area (Å²) in [4.78, 5) is 30.0. The van der Waals surface area contributed by atoms with Crippen LogP contribution in [0.4, 0.5) is 5.69 Å². The lowest BCUT2D eigenvalue weighted by atomic mass is 10.1. The summed E-state index contributed by atoms with van der Waals surface area (Å²) in [5, 5.41) is 4.63. The molecule has 0 saturated carbocycles. The summed E-state index contributed by atoms with van der Waals surface area (Å²) in [5.41, 5.74) is 3.15. The average Bonchev–Trinajstić information content (AvgIpc) is 3.55. The van der Waals surface area contributed by atoms with E-state index < -0.39 is 0 Å². The van der Waals surface area contributed by atoms with E-state index in [4.69, 9.17) is 0 Å². The van der Waals surface area contributed by atoms with Crippen molar-refractivity contribution in [1.82, 2.24) is 15.2 Å². The van der Waals surface area contributed by atoms with Gasteiger partial charge < -0.3 is 10.2 Å². The molecule has 0 radical (unpaired) electrons. The molecular weight excluding hydrogens is 426 g/mol. The van der Waals surface area contributed by atoms with Crippen LogP contribution in [0.5, 0.6) is 0 Å². The highest BCUT2D eigenvalue weighted by Gasteiger charge is 2.24. The Morgan fingerprint density at radius 3 is 3.03 bits per heavy atom. The highest BCUT2D eigenvalue weighted by molar-refractivity contribution is 8.18. The van der Waals surface area contributed by atoms with Gasteiger partial charge in [-0.05, 0) is 92.8 Å². The first-order valence-corrected chi connectivity index (χ1v) is 12.5. The Kier molecular flexibility index (Phi) is 6.29. The molecule has 160 valence electrons. The lowest BCUT2D eigenvalue weighted by Crippen LogP contribution is -2.20. The van der Waals surface area contributed by atoms with Gasteiger partial charge in [-0.1, -0.05) is 6.07 Å². The van der Waals surface area contributed by atoms with Gasteiger partial charge >= 0.3 is 0 Å². The second-order valence-corrected chi connectivity index (χ2v) is 10.2. The van der Waals surface area contributed by atoms with Crippen molar-refractivity contribution in [3.63, 3.8) is 0 Å². The Bertz CT molecular complexity index is 1070. The number of unbranched alkanes of at least 4 members (excludes halogenated alkanes) is 1. The zero-order chi connectivity index (χ0) is 21.0. The van der Waals surface area contributed by atoms with Crippen molar-refractivity contribution in [2.24, 2.45) is 9.98 Å². The molecule has 2 aromatic rings. The van der Waals surface area contributed by atoms with E-state index in [0.29, 0.717) is 16.6 Å². The van der Waals surface area contributed by atoms with E-state index in [1.165, 1.54) is 56.2 Å². The lowest BCUT2D eigenvalue weighted by molar-refractivity contribution is -0.115. The molecule has 1 amide bonds. The molecule has 2 saturated heterocycles. The lowest BCUT2D eigenvalue weighted by Gasteiger charge is -2.13. The number of carbonyl (C=O) groups is 1. The second-order valence-electron chi connectivity index (χ2n) is 8.00. The number of aryl methyl sites for hydroxylation is 1. The number of nitrogens with one attached hydrogen (secondary N) is 1. The van der Waals surface area contributed by atoms with Crippen molar-refractivity contribution in [2.75, 3.05) is 19.6 Å². The van der Waals surface area contributed by atoms with Crippen molar-refractivity contribution in [3.05, 3.63) is 50.3 Å². The summed E-state index contributed by atoms with van der Waals surface area (Å²) in [6.45, 7) is 4.44. The molecule has 0 unspecified atom stereocenters. The van der Waals surface area contributed by atoms with Crippen LogP contribution < -0.4 is 5.32 Å². The van der Waals surface area contributed by atoms with Gasteiger partial charge in [0.15, 0.2) is 5.17 Å². The van der Waals surface area contributed by atoms with Crippen molar-refractivity contribution in [2.45, 2.75) is 38.6 Å². The number of amidine groups is 1. The van der Waals surface area contributed by atoms with Gasteiger partial charge in [-0.25, -0.2) is 9.98 Å². The predicted octanol–water partition coefficient (Wildman–Crippen LogP) is 4.39. The van der Waals surface area contributed by atoms with Crippen LogP contribution in [0.25, 0.3) is 6.08 Å². The maximum Gasteiger partial charge on any atom is 0.264 e. The summed E-state index contributed by atoms with van der Waals surface area (Å²) in [6, 6.07) is 6.01. The first-order valence-electron chi connectivity index (χ1n) is 10.8. The van der Waals surface area contributed by atoms with Crippen LogP contribution in [0.3, 0.4) is 0 Å². The van der Waals surface area contributed by atoms with Crippen LogP contribution in [0, 0.1) is 0 Å². The number of hydrogen-bond acceptors (Lipinski definition) is 7. The standard InChI is InChI=1S/C23H25N5OS2/c29-22-20(31-23(27-22)26-18-7-6-16-13-24-14-17(16)11-18)12-19-15-25-21(30-19)5-1-2-8-28-9-3-4-10-28/h6-7,11-13,15H,1-5,8-10,14H2,(H,26,27,29)/b20-12-. The third kappa shape index (κ3) is 5.14. The maximum absolute atomic E-state index is 12.4. The topological polar surface area (TPSA) is 70.0 Å². The fourth-order valence-electron chi connectivity index (χ4n) is 4.02. The quantitative estimate of drug-likeness (QED) is 0.501. The molecule has 3 aliphatic heterocycles. The zero-order valence-electron chi connectivity index (χ0n) is 17.3. The van der Waals surface area contributed by atoms with Crippen molar-refractivity contribution < 1.29 is 4.79 Å². The molecule has 5 rings (SSSR count). The Morgan fingerprint density at radius 1 is 1.23 bits per heavy atom. The number of thiazole rings is 1. The van der Waals surface area contributed by atoms with E-state index in [-0.39, 0.29) is 5.91 Å². The van der Waals surface area contributed by atoms with E-state index in [1.807, 2.05) is 36.7 Å². The van der Waals surface area contributed by atoms with Crippen molar-refractivity contribution in [3.8, 4) is 0 Å². The minimum Gasteiger partial charge on any atom is -0.303 e. The third-order valence-corrected chi connectivity index (χ3v) is 7.57. The number of nitrogens with zero attached hydrogens (tertiary/aromatic N) is 4. The SMILES string of the molecule is O=C1NC(=Nc2ccc3c(c2)CN=C3)S/C1=C\c1cnc(CCCCN2CCCC2)s1. The van der Waals surface area contributed by atoms with E-state index >= 15 is 0 Å². The number of benzene rings is 1. The number of carbonyl (C=O) groups excluding carboxylic acids is 1. The van der Waals surface area contributed by atoms with Gasteiger partial charge in [0.1, 0.15) is 0 Å². The van der Waals surface area contributed by atoms with Gasteiger partial charge in [-0.2, -0.15) is 0 Å². The largest absolute Gasteiger partial charge is 0.303 e. The summed E-state index contributed by atoms with van der Waals surface area (Å²) in [6.07, 6.45) is 11.8. The highest BCUT2D eigenvalue weighted by Crippen LogP contribution is 2.30. The molecule has 1 aromatic carbocycles. The smallest absolute Gasteiger partial charge is 0.264 e. The number of fused-ring (bicyclic) bond motifs is 1. The van der Waals surface area contributed by atoms with Gasteiger partial charge in [0, 0.05) is 17.3 Å². The zero-order valence-corrected chi connectivity index (χ0v) is 19.0.